The average Bonchev–Trinajstić information content (AvgIpc) is 2.00. The predicted molar refractivity (Wildman–Crippen MR) is 367 cm³/mol. The number of hydrogen-bond donors (Lipinski definition) is 0. The minimum absolute atomic E-state index is 0.166. The van der Waals surface area contributed by atoms with Gasteiger partial charge < -0.3 is 0 Å². The highest BCUT2D eigenvalue weighted by Gasteiger charge is 2.61. The molecule has 10 aliphatic carbocycles. The molecule has 10 aliphatic rings. The van der Waals surface area contributed by atoms with Crippen LogP contribution in [0.15, 0.2) is 76.7 Å². The number of thiazole rings is 1. The van der Waals surface area contributed by atoms with Crippen LogP contribution in [0.4, 0.5) is 0 Å². The fraction of sp³-hybridized carbons (Fsp3) is 0.812. The first-order valence-corrected chi connectivity index (χ1v) is 39.7. The SMILES string of the molecule is C=CC1CCCCCCCCCCC1.C[C@H]1CC[C@@]2(C)C(=CC[C@H]3[C@@H]4CC[C@H]([C@H](C)/C=C/C5CCCCCCCCCCC5)[C@@]4(C)CC[C@@H]32)C1.C[C@H]1CC[C@@]2(C)C(=CC[C@H]3[C@@H]4CC[C@H]([C@H](C)CS(=O)(=O)c5nc6ccccc6s5)[C@@]4(C)CC[C@@H]32)C1. The highest BCUT2D eigenvalue weighted by molar-refractivity contribution is 7.93. The highest BCUT2D eigenvalue weighted by atomic mass is 32.2. The average molecular weight is 1200 g/mol. The van der Waals surface area contributed by atoms with Gasteiger partial charge in [-0.05, 0) is 245 Å². The molecule has 1 aromatic heterocycles. The third kappa shape index (κ3) is 15.0. The van der Waals surface area contributed by atoms with Crippen molar-refractivity contribution >= 4 is 31.4 Å². The van der Waals surface area contributed by atoms with E-state index in [1.165, 1.54) is 255 Å². The van der Waals surface area contributed by atoms with Crippen molar-refractivity contribution < 1.29 is 8.42 Å². The van der Waals surface area contributed by atoms with Gasteiger partial charge in [0.05, 0.1) is 16.0 Å². The molecule has 1 aromatic carbocycles. The van der Waals surface area contributed by atoms with Crippen LogP contribution < -0.4 is 0 Å². The molecule has 0 spiro atoms. The van der Waals surface area contributed by atoms with Crippen molar-refractivity contribution in [1.29, 1.82) is 0 Å². The Morgan fingerprint density at radius 3 is 1.48 bits per heavy atom. The second kappa shape index (κ2) is 29.5. The van der Waals surface area contributed by atoms with Crippen LogP contribution in [0.2, 0.25) is 0 Å². The van der Waals surface area contributed by atoms with Crippen molar-refractivity contribution in [3.63, 3.8) is 0 Å². The molecule has 2 aromatic rings. The second-order valence-electron chi connectivity index (χ2n) is 32.9. The minimum Gasteiger partial charge on any atom is -0.225 e. The van der Waals surface area contributed by atoms with Crippen LogP contribution in [0.5, 0.6) is 0 Å². The Bertz CT molecular complexity index is 2600. The van der Waals surface area contributed by atoms with Crippen molar-refractivity contribution in [2.45, 2.75) is 304 Å². The van der Waals surface area contributed by atoms with Gasteiger partial charge in [0.2, 0.25) is 14.2 Å². The van der Waals surface area contributed by atoms with Crippen molar-refractivity contribution in [3.8, 4) is 0 Å². The molecule has 8 fully saturated rings. The fourth-order valence-corrected chi connectivity index (χ4v) is 25.4. The summed E-state index contributed by atoms with van der Waals surface area (Å²) < 4.78 is 28.1. The number of sulfone groups is 1. The van der Waals surface area contributed by atoms with Gasteiger partial charge in [-0.3, -0.25) is 0 Å². The van der Waals surface area contributed by atoms with Gasteiger partial charge in [-0.1, -0.05) is 225 Å². The van der Waals surface area contributed by atoms with Crippen molar-refractivity contribution in [3.05, 3.63) is 72.4 Å². The number of benzene rings is 1. The van der Waals surface area contributed by atoms with Crippen LogP contribution in [0.3, 0.4) is 0 Å². The Hall–Kier alpha value is -1.98. The first-order valence-electron chi connectivity index (χ1n) is 37.2. The van der Waals surface area contributed by atoms with Gasteiger partial charge >= 0.3 is 0 Å². The molecule has 0 radical (unpaired) electrons. The maximum absolute atomic E-state index is 13.4. The van der Waals surface area contributed by atoms with E-state index in [4.69, 9.17) is 0 Å². The molecule has 85 heavy (non-hydrogen) atoms. The molecule has 0 aliphatic heterocycles. The van der Waals surface area contributed by atoms with Crippen LogP contribution in [0, 0.1) is 105 Å². The van der Waals surface area contributed by atoms with E-state index in [2.05, 4.69) is 97.3 Å². The number of allylic oxidation sites excluding steroid dienone is 7. The Balaban J connectivity index is 0.000000155. The molecule has 5 heteroatoms. The van der Waals surface area contributed by atoms with E-state index in [1.54, 1.807) is 5.57 Å². The number of fused-ring (bicyclic) bond motifs is 11. The molecule has 0 N–H and O–H groups in total. The van der Waals surface area contributed by atoms with E-state index in [0.29, 0.717) is 26.5 Å². The molecule has 1 heterocycles. The standard InChI is InChI=1S/C36H60.C30H41NO2S2.C14H26/c1-27-22-24-35(3)30(26-27)18-19-31-33-21-20-32(36(33,4)25-23-34(31)35)28(2)16-17-29-14-12-10-8-6-5-7-9-11-13-15-29;1-19-13-15-29(3)21(17-19)9-10-22-24-12-11-23(30(24,4)16-14-25(22)29)20(2)18-35(32,33)28-31-26-7-5-6-8-27(26)34-28;1-2-14-12-10-8-6-4-3-5-7-9-11-13-14/h16-18,27-29,31-34H,5-15,19-26H2,1-4H3;5-9,19-20,22-25H,10-18H2,1-4H3;2,14H,1,3-13H2/b17-16+;;/t27-,28+,31-,32+,33-,34-,35-,36+;19-,20+,22-,23+,24-,25-,29-,30+;/m00./s1. The summed E-state index contributed by atoms with van der Waals surface area (Å²) in [6, 6.07) is 7.75. The lowest BCUT2D eigenvalue weighted by Crippen LogP contribution is -2.50. The lowest BCUT2D eigenvalue weighted by molar-refractivity contribution is -0.0501. The first-order chi connectivity index (χ1) is 41.0. The van der Waals surface area contributed by atoms with Gasteiger partial charge in [0.1, 0.15) is 0 Å². The summed E-state index contributed by atoms with van der Waals surface area (Å²) in [4.78, 5) is 4.49. The van der Waals surface area contributed by atoms with Crippen LogP contribution in [-0.2, 0) is 9.84 Å². The summed E-state index contributed by atoms with van der Waals surface area (Å²) in [6.07, 6.45) is 67.2. The summed E-state index contributed by atoms with van der Waals surface area (Å²) in [6.45, 7) is 24.2. The van der Waals surface area contributed by atoms with Gasteiger partial charge in [-0.15, -0.1) is 17.9 Å². The Morgan fingerprint density at radius 2 is 1.00 bits per heavy atom. The monoisotopic (exact) mass is 1200 g/mol. The maximum atomic E-state index is 13.4. The summed E-state index contributed by atoms with van der Waals surface area (Å²) in [7, 11) is -3.38. The van der Waals surface area contributed by atoms with Crippen LogP contribution in [0.1, 0.15) is 299 Å². The number of hydrogen-bond acceptors (Lipinski definition) is 4. The van der Waals surface area contributed by atoms with E-state index in [1.807, 2.05) is 29.8 Å². The molecule has 16 atom stereocenters. The second-order valence-corrected chi connectivity index (χ2v) is 36.1. The zero-order valence-corrected chi connectivity index (χ0v) is 57.8. The smallest absolute Gasteiger partial charge is 0.210 e. The summed E-state index contributed by atoms with van der Waals surface area (Å²) in [5.41, 5.74) is 6.24. The Kier molecular flexibility index (Phi) is 22.9. The first kappa shape index (κ1) is 66.0. The summed E-state index contributed by atoms with van der Waals surface area (Å²) in [5.74, 6) is 11.3. The Labute approximate surface area is 527 Å². The molecule has 8 saturated carbocycles. The topological polar surface area (TPSA) is 47.0 Å². The molecular formula is C80H127NO2S2. The summed E-state index contributed by atoms with van der Waals surface area (Å²) in [5, 5.41) is 0. The van der Waals surface area contributed by atoms with Gasteiger partial charge in [0.15, 0.2) is 0 Å². The van der Waals surface area contributed by atoms with Gasteiger partial charge in [-0.2, -0.15) is 0 Å². The molecule has 12 rings (SSSR count). The fourth-order valence-electron chi connectivity index (χ4n) is 22.4. The van der Waals surface area contributed by atoms with Crippen LogP contribution in [0.25, 0.3) is 10.2 Å². The lowest BCUT2D eigenvalue weighted by Gasteiger charge is -2.58. The van der Waals surface area contributed by atoms with E-state index < -0.39 is 9.84 Å². The molecule has 0 bridgehead atoms. The number of nitrogens with zero attached hydrogens (tertiary/aromatic N) is 1. The van der Waals surface area contributed by atoms with E-state index >= 15 is 0 Å². The number of aromatic nitrogens is 1. The van der Waals surface area contributed by atoms with Crippen molar-refractivity contribution in [2.75, 3.05) is 5.75 Å². The van der Waals surface area contributed by atoms with E-state index in [0.717, 1.165) is 81.2 Å². The van der Waals surface area contributed by atoms with Crippen LogP contribution >= 0.6 is 11.3 Å². The normalized spacial score (nSPS) is 39.0. The largest absolute Gasteiger partial charge is 0.225 e. The van der Waals surface area contributed by atoms with Gasteiger partial charge in [0, 0.05) is 0 Å². The molecule has 476 valence electrons. The minimum atomic E-state index is -3.38. The zero-order chi connectivity index (χ0) is 59.8. The highest BCUT2D eigenvalue weighted by Crippen LogP contribution is 2.69. The third-order valence-electron chi connectivity index (χ3n) is 27.5. The molecule has 0 amide bonds. The van der Waals surface area contributed by atoms with Gasteiger partial charge in [-0.25, -0.2) is 13.4 Å². The van der Waals surface area contributed by atoms with Gasteiger partial charge in [0.25, 0.3) is 0 Å². The lowest BCUT2D eigenvalue weighted by atomic mass is 9.46. The van der Waals surface area contributed by atoms with Crippen molar-refractivity contribution in [1.82, 2.24) is 4.98 Å². The van der Waals surface area contributed by atoms with E-state index in [9.17, 15) is 8.42 Å². The molecule has 3 nitrogen and oxygen atoms in total. The van der Waals surface area contributed by atoms with E-state index in [-0.39, 0.29) is 17.1 Å². The zero-order valence-electron chi connectivity index (χ0n) is 56.1. The molecule has 0 saturated heterocycles. The number of para-hydroxylation sites is 1. The molecular weight excluding hydrogens is 1070 g/mol. The molecule has 0 unspecified atom stereocenters. The quantitative estimate of drug-likeness (QED) is 0.248. The summed E-state index contributed by atoms with van der Waals surface area (Å²) >= 11 is 1.33. The third-order valence-corrected chi connectivity index (χ3v) is 30.9. The van der Waals surface area contributed by atoms with Crippen LogP contribution in [-0.4, -0.2) is 19.2 Å². The number of rotatable bonds is 8. The predicted octanol–water partition coefficient (Wildman–Crippen LogP) is 24.3. The maximum Gasteiger partial charge on any atom is 0.210 e. The Morgan fingerprint density at radius 1 is 0.553 bits per heavy atom. The van der Waals surface area contributed by atoms with Crippen molar-refractivity contribution in [2.24, 2.45) is 105 Å².